The second-order valence-corrected chi connectivity index (χ2v) is 23.3. The number of aliphatic hydroxyl groups excluding tert-OH is 5. The minimum Gasteiger partial charge on any atom is -0.508 e. The van der Waals surface area contributed by atoms with E-state index in [0.29, 0.717) is 44.1 Å². The number of ketones is 1. The van der Waals surface area contributed by atoms with Crippen LogP contribution in [0.4, 0.5) is 0 Å². The molecule has 78 heavy (non-hydrogen) atoms. The molecule has 4 aliphatic heterocycles. The number of phenols is 1. The first-order valence-electron chi connectivity index (χ1n) is 28.6. The zero-order valence-electron chi connectivity index (χ0n) is 47.7. The fraction of sp³-hybridized carbons (Fsp3) is 0.683. The number of hydrazine groups is 1. The highest BCUT2D eigenvalue weighted by Gasteiger charge is 2.57. The molecule has 18 atom stereocenters. The summed E-state index contributed by atoms with van der Waals surface area (Å²) >= 11 is 0. The maximum Gasteiger partial charge on any atom is 0.259 e. The number of piperidine rings is 1. The lowest BCUT2D eigenvalue weighted by atomic mass is 9.69. The highest BCUT2D eigenvalue weighted by atomic mass is 16.6. The van der Waals surface area contributed by atoms with Crippen molar-refractivity contribution in [1.29, 1.82) is 0 Å². The number of nitrogens with one attached hydrogen (secondary N) is 4. The van der Waals surface area contributed by atoms with Gasteiger partial charge in [0.25, 0.3) is 5.91 Å². The van der Waals surface area contributed by atoms with Crippen molar-refractivity contribution < 1.29 is 64.1 Å². The lowest BCUT2D eigenvalue weighted by Gasteiger charge is -2.56. The standard InChI is InChI=1S/C60H93N5O13/c1-11-43-30-37(6)60(63-55(43)72)41(10)53(70)40(9)51(78-60)33-49(69)35(4)20-14-12-15-21-36(5)50-26-17-13-16-25-48(68)39(8)54(71)45(28-27-38(7)66)56(73)62-52(34(2)3)57(74)61-47(32-42-22-18-23-44(67)31-42)58(75)65-29-19-24-46(64-65)59(76)77-50/h12-13,15-18,21-23,25,31,34-35,37,39-41,43,45-54,59,64,67-71,76H,11,14,19-20,24,26-30,32-33H2,1-10H3,(H,61,74)(H,62,73)(H,63,72)/b15-12+,17-13+,25-16+,36-21+/t35-,37+,39-,40-,41-,43+,45?,46?,47-,48+,49-,50?,51-,52?,53-,54+,59-,60-/m0/s1. The van der Waals surface area contributed by atoms with E-state index in [-0.39, 0.29) is 79.3 Å². The monoisotopic (exact) mass is 1090 g/mol. The van der Waals surface area contributed by atoms with Gasteiger partial charge >= 0.3 is 0 Å². The van der Waals surface area contributed by atoms with E-state index in [4.69, 9.17) is 9.47 Å². The molecular formula is C60H93N5O13. The summed E-state index contributed by atoms with van der Waals surface area (Å²) in [6.45, 7) is 18.4. The summed E-state index contributed by atoms with van der Waals surface area (Å²) in [7, 11) is 0. The first-order chi connectivity index (χ1) is 36.9. The fourth-order valence-corrected chi connectivity index (χ4v) is 11.5. The molecule has 436 valence electrons. The van der Waals surface area contributed by atoms with Crippen LogP contribution < -0.4 is 21.4 Å². The molecule has 3 fully saturated rings. The van der Waals surface area contributed by atoms with Gasteiger partial charge in [0, 0.05) is 55.4 Å². The van der Waals surface area contributed by atoms with Gasteiger partial charge in [-0.3, -0.25) is 24.2 Å². The highest BCUT2D eigenvalue weighted by molar-refractivity contribution is 5.93. The number of fused-ring (bicyclic) bond motifs is 2. The number of benzene rings is 1. The van der Waals surface area contributed by atoms with Crippen LogP contribution in [-0.4, -0.2) is 138 Å². The van der Waals surface area contributed by atoms with Gasteiger partial charge in [-0.05, 0) is 100 Å². The number of rotatable bonds is 15. The predicted molar refractivity (Wildman–Crippen MR) is 296 cm³/mol. The van der Waals surface area contributed by atoms with Crippen molar-refractivity contribution in [3.05, 3.63) is 77.9 Å². The van der Waals surface area contributed by atoms with Gasteiger partial charge in [0.1, 0.15) is 29.3 Å². The number of aliphatic hydroxyl groups is 5. The molecule has 0 aliphatic carbocycles. The minimum atomic E-state index is -1.43. The average Bonchev–Trinajstić information content (AvgIpc) is 3.51. The summed E-state index contributed by atoms with van der Waals surface area (Å²) in [5.74, 6) is -5.57. The van der Waals surface area contributed by atoms with Gasteiger partial charge in [-0.1, -0.05) is 110 Å². The number of hydrogen-bond donors (Lipinski definition) is 10. The lowest BCUT2D eigenvalue weighted by molar-refractivity contribution is -0.267. The molecule has 2 bridgehead atoms. The summed E-state index contributed by atoms with van der Waals surface area (Å²) in [6, 6.07) is 3.19. The third kappa shape index (κ3) is 16.9. The summed E-state index contributed by atoms with van der Waals surface area (Å²) in [5, 5.41) is 77.9. The molecule has 1 aromatic rings. The van der Waals surface area contributed by atoms with Crippen LogP contribution >= 0.6 is 0 Å². The van der Waals surface area contributed by atoms with Gasteiger partial charge in [-0.2, -0.15) is 0 Å². The average molecular weight is 1090 g/mol. The highest BCUT2D eigenvalue weighted by Crippen LogP contribution is 2.46. The summed E-state index contributed by atoms with van der Waals surface area (Å²) in [6.07, 6.45) is 9.87. The molecule has 0 aromatic heterocycles. The van der Waals surface area contributed by atoms with E-state index in [9.17, 15) is 54.6 Å². The van der Waals surface area contributed by atoms with Crippen LogP contribution in [0.15, 0.2) is 72.4 Å². The van der Waals surface area contributed by atoms with Crippen LogP contribution in [0.1, 0.15) is 139 Å². The Morgan fingerprint density at radius 1 is 0.949 bits per heavy atom. The Hall–Kier alpha value is -4.79. The van der Waals surface area contributed by atoms with Crippen LogP contribution in [0.3, 0.4) is 0 Å². The maximum atomic E-state index is 14.6. The second-order valence-electron chi connectivity index (χ2n) is 23.3. The molecular weight excluding hydrogens is 999 g/mol. The van der Waals surface area contributed by atoms with Gasteiger partial charge in [-0.15, -0.1) is 0 Å². The third-order valence-electron chi connectivity index (χ3n) is 17.0. The SMILES string of the molecule is CC[C@@H]1C[C@@H](C)[C@]2(NC1=O)O[C@@H](C[C@H](O)[C@@H](C)CC/C=C/C=C(\C)C1C/C=C/C=C/[C@@H](O)[C@H](C)[C@@H](O)C(CCC(C)=O)C(=O)NC(C(C)C)C(=O)N[C@@H](Cc3cccc(O)c3)C(=O)N3CCCC(N3)[C@@H](O)O1)[C@H](C)[C@H](O)[C@@H]2C. The summed E-state index contributed by atoms with van der Waals surface area (Å²) in [4.78, 5) is 68.1. The first-order valence-corrected chi connectivity index (χ1v) is 28.6. The maximum absolute atomic E-state index is 14.6. The number of nitrogens with zero attached hydrogens (tertiary/aromatic N) is 1. The Kier molecular flexibility index (Phi) is 24.3. The molecule has 18 nitrogen and oxygen atoms in total. The summed E-state index contributed by atoms with van der Waals surface area (Å²) < 4.78 is 13.1. The number of aromatic hydroxyl groups is 1. The van der Waals surface area contributed by atoms with Crippen LogP contribution in [0.2, 0.25) is 0 Å². The Morgan fingerprint density at radius 2 is 1.68 bits per heavy atom. The predicted octanol–water partition coefficient (Wildman–Crippen LogP) is 5.20. The normalized spacial score (nSPS) is 36.0. The Bertz CT molecular complexity index is 2290. The number of ether oxygens (including phenoxy) is 2. The molecule has 18 heteroatoms. The van der Waals surface area contributed by atoms with Crippen molar-refractivity contribution in [2.75, 3.05) is 6.54 Å². The zero-order chi connectivity index (χ0) is 57.6. The molecule has 4 aliphatic rings. The third-order valence-corrected chi connectivity index (χ3v) is 17.0. The van der Waals surface area contributed by atoms with E-state index in [1.807, 2.05) is 58.9 Å². The Morgan fingerprint density at radius 3 is 2.36 bits per heavy atom. The summed E-state index contributed by atoms with van der Waals surface area (Å²) in [5.41, 5.74) is 3.45. The number of hydrogen-bond acceptors (Lipinski definition) is 14. The van der Waals surface area contributed by atoms with Gasteiger partial charge in [-0.25, -0.2) is 5.43 Å². The van der Waals surface area contributed by atoms with Gasteiger partial charge < -0.3 is 60.9 Å². The number of phenolic OH excluding ortho intramolecular Hbond substituents is 1. The molecule has 0 saturated carbocycles. The van der Waals surface area contributed by atoms with Crippen molar-refractivity contribution in [2.45, 2.75) is 207 Å². The number of Topliss-reactive ketones (excluding diaryl/α,β-unsaturated/α-hetero) is 1. The molecule has 1 aromatic carbocycles. The lowest BCUT2D eigenvalue weighted by Crippen LogP contribution is -2.71. The molecule has 10 N–H and O–H groups in total. The molecule has 4 unspecified atom stereocenters. The van der Waals surface area contributed by atoms with E-state index in [1.54, 1.807) is 45.1 Å². The van der Waals surface area contributed by atoms with E-state index in [2.05, 4.69) is 28.3 Å². The second kappa shape index (κ2) is 29.6. The van der Waals surface area contributed by atoms with Crippen molar-refractivity contribution in [2.24, 2.45) is 47.3 Å². The largest absolute Gasteiger partial charge is 0.508 e. The Labute approximate surface area is 462 Å². The number of carbonyl (C=O) groups excluding carboxylic acids is 5. The van der Waals surface area contributed by atoms with E-state index < -0.39 is 102 Å². The van der Waals surface area contributed by atoms with E-state index >= 15 is 0 Å². The number of amides is 4. The minimum absolute atomic E-state index is 0.0207. The molecule has 0 radical (unpaired) electrons. The van der Waals surface area contributed by atoms with Gasteiger partial charge in [0.05, 0.1) is 48.6 Å². The molecule has 4 heterocycles. The van der Waals surface area contributed by atoms with Crippen LogP contribution in [-0.2, 0) is 39.9 Å². The van der Waals surface area contributed by atoms with E-state index in [1.165, 1.54) is 30.1 Å². The number of allylic oxidation sites excluding steroid dienone is 5. The zero-order valence-corrected chi connectivity index (χ0v) is 47.7. The fourth-order valence-electron chi connectivity index (χ4n) is 11.5. The van der Waals surface area contributed by atoms with Gasteiger partial charge in [0.2, 0.25) is 17.7 Å². The van der Waals surface area contributed by atoms with Crippen LogP contribution in [0, 0.1) is 47.3 Å². The van der Waals surface area contributed by atoms with Crippen LogP contribution in [0.25, 0.3) is 0 Å². The van der Waals surface area contributed by atoms with Gasteiger partial charge in [0.15, 0.2) is 6.29 Å². The van der Waals surface area contributed by atoms with E-state index in [0.717, 1.165) is 12.0 Å². The molecule has 1 spiro atoms. The first kappa shape index (κ1) is 64.0. The topological polar surface area (TPSA) is 277 Å². The molecule has 4 amide bonds. The van der Waals surface area contributed by atoms with Crippen molar-refractivity contribution in [3.8, 4) is 5.75 Å². The quantitative estimate of drug-likeness (QED) is 0.101. The van der Waals surface area contributed by atoms with Crippen molar-refractivity contribution >= 4 is 29.4 Å². The van der Waals surface area contributed by atoms with Crippen LogP contribution in [0.5, 0.6) is 5.75 Å². The Balaban J connectivity index is 1.35. The number of carbonyl (C=O) groups is 5. The smallest absolute Gasteiger partial charge is 0.259 e. The molecule has 3 saturated heterocycles. The van der Waals surface area contributed by atoms with Crippen molar-refractivity contribution in [3.63, 3.8) is 0 Å². The van der Waals surface area contributed by atoms with Crippen molar-refractivity contribution in [1.82, 2.24) is 26.4 Å². The molecule has 5 rings (SSSR count).